The van der Waals surface area contributed by atoms with Crippen LogP contribution in [0, 0.1) is 0 Å². The number of ether oxygens (including phenoxy) is 3. The second kappa shape index (κ2) is 9.15. The van der Waals surface area contributed by atoms with Crippen LogP contribution in [0.15, 0.2) is 50.8 Å². The maximum Gasteiger partial charge on any atom is 0.343 e. The Morgan fingerprint density at radius 3 is 2.76 bits per heavy atom. The molecule has 0 radical (unpaired) electrons. The van der Waals surface area contributed by atoms with Crippen molar-refractivity contribution in [1.82, 2.24) is 0 Å². The number of nitrogens with two attached hydrogens (primary N) is 1. The van der Waals surface area contributed by atoms with Gasteiger partial charge in [0.15, 0.2) is 16.7 Å². The molecular weight excluding hydrogens is 460 g/mol. The molecule has 1 aliphatic heterocycles. The van der Waals surface area contributed by atoms with Gasteiger partial charge in [-0.1, -0.05) is 6.07 Å². The molecule has 9 heteroatoms. The first-order valence-corrected chi connectivity index (χ1v) is 10.1. The summed E-state index contributed by atoms with van der Waals surface area (Å²) in [5.41, 5.74) is 6.59. The Balaban J connectivity index is 1.91. The van der Waals surface area contributed by atoms with E-state index in [4.69, 9.17) is 19.9 Å². The molecule has 29 heavy (non-hydrogen) atoms. The summed E-state index contributed by atoms with van der Waals surface area (Å²) in [6, 6.07) is 10.0. The van der Waals surface area contributed by atoms with E-state index in [9.17, 15) is 9.59 Å². The van der Waals surface area contributed by atoms with Crippen LogP contribution in [0.5, 0.6) is 17.2 Å². The first-order chi connectivity index (χ1) is 13.9. The number of rotatable bonds is 6. The molecule has 0 saturated heterocycles. The van der Waals surface area contributed by atoms with E-state index in [1.54, 1.807) is 42.5 Å². The molecule has 0 atom stereocenters. The van der Waals surface area contributed by atoms with Crippen molar-refractivity contribution in [2.75, 3.05) is 13.7 Å². The average Bonchev–Trinajstić information content (AvgIpc) is 3.01. The second-order valence-corrected chi connectivity index (χ2v) is 7.67. The maximum absolute atomic E-state index is 12.6. The molecule has 0 unspecified atom stereocenters. The van der Waals surface area contributed by atoms with Crippen LogP contribution in [-0.4, -0.2) is 30.8 Å². The fraction of sp³-hybridized carbons (Fsp3) is 0.150. The van der Waals surface area contributed by atoms with Crippen LogP contribution in [-0.2, 0) is 4.79 Å². The Morgan fingerprint density at radius 2 is 2.10 bits per heavy atom. The van der Waals surface area contributed by atoms with Gasteiger partial charge in [-0.2, -0.15) is 4.99 Å². The van der Waals surface area contributed by atoms with Crippen molar-refractivity contribution in [3.05, 3.63) is 56.9 Å². The number of amidine groups is 1. The Bertz CT molecular complexity index is 1040. The van der Waals surface area contributed by atoms with Gasteiger partial charge in [0.05, 0.1) is 28.7 Å². The first-order valence-electron chi connectivity index (χ1n) is 8.52. The Hall–Kier alpha value is -2.78. The summed E-state index contributed by atoms with van der Waals surface area (Å²) in [6.07, 6.45) is 1.65. The lowest BCUT2D eigenvalue weighted by Gasteiger charge is -2.14. The van der Waals surface area contributed by atoms with Gasteiger partial charge in [0, 0.05) is 0 Å². The Labute approximate surface area is 180 Å². The molecule has 0 fully saturated rings. The van der Waals surface area contributed by atoms with Gasteiger partial charge in [-0.05, 0) is 76.6 Å². The van der Waals surface area contributed by atoms with Gasteiger partial charge >= 0.3 is 5.97 Å². The number of esters is 1. The number of nitrogens with zero attached hydrogens (tertiary/aromatic N) is 1. The number of hydrogen-bond donors (Lipinski definition) is 1. The average molecular weight is 477 g/mol. The van der Waals surface area contributed by atoms with Gasteiger partial charge in [0.2, 0.25) is 0 Å². The quantitative estimate of drug-likeness (QED) is 0.381. The number of carbonyl (C=O) groups is 2. The molecule has 0 bridgehead atoms. The SMILES string of the molecule is CCOc1cc(C=C2SC(N)=NC2=O)cc(Br)c1OC(=O)c1cccc(OC)c1. The lowest BCUT2D eigenvalue weighted by atomic mass is 10.1. The van der Waals surface area contributed by atoms with E-state index >= 15 is 0 Å². The molecule has 2 aromatic rings. The van der Waals surface area contributed by atoms with Crippen LogP contribution in [0.1, 0.15) is 22.8 Å². The number of halogens is 1. The van der Waals surface area contributed by atoms with E-state index < -0.39 is 11.9 Å². The van der Waals surface area contributed by atoms with Crippen LogP contribution >= 0.6 is 27.7 Å². The highest BCUT2D eigenvalue weighted by Crippen LogP contribution is 2.39. The molecule has 2 aromatic carbocycles. The van der Waals surface area contributed by atoms with Crippen molar-refractivity contribution >= 4 is 50.8 Å². The monoisotopic (exact) mass is 476 g/mol. The van der Waals surface area contributed by atoms with Gasteiger partial charge in [-0.3, -0.25) is 4.79 Å². The highest BCUT2D eigenvalue weighted by Gasteiger charge is 2.21. The lowest BCUT2D eigenvalue weighted by molar-refractivity contribution is -0.113. The highest BCUT2D eigenvalue weighted by atomic mass is 79.9. The molecule has 0 aliphatic carbocycles. The van der Waals surface area contributed by atoms with Gasteiger partial charge in [0.25, 0.3) is 5.91 Å². The molecule has 1 amide bonds. The summed E-state index contributed by atoms with van der Waals surface area (Å²) in [5.74, 6) is 0.192. The van der Waals surface area contributed by atoms with Crippen molar-refractivity contribution in [2.24, 2.45) is 10.7 Å². The molecule has 0 spiro atoms. The summed E-state index contributed by atoms with van der Waals surface area (Å²) in [4.78, 5) is 28.5. The minimum absolute atomic E-state index is 0.203. The van der Waals surface area contributed by atoms with Gasteiger partial charge < -0.3 is 19.9 Å². The Morgan fingerprint density at radius 1 is 1.31 bits per heavy atom. The van der Waals surface area contributed by atoms with Crippen LogP contribution < -0.4 is 19.9 Å². The van der Waals surface area contributed by atoms with Crippen molar-refractivity contribution in [1.29, 1.82) is 0 Å². The molecule has 1 aliphatic rings. The number of methoxy groups -OCH3 is 1. The summed E-state index contributed by atoms with van der Waals surface area (Å²) in [6.45, 7) is 2.18. The molecule has 7 nitrogen and oxygen atoms in total. The third-order valence-corrected chi connectivity index (χ3v) is 5.17. The fourth-order valence-electron chi connectivity index (χ4n) is 2.51. The largest absolute Gasteiger partial charge is 0.497 e. The zero-order chi connectivity index (χ0) is 21.0. The van der Waals surface area contributed by atoms with Crippen molar-refractivity contribution in [2.45, 2.75) is 6.92 Å². The first kappa shape index (κ1) is 20.9. The number of thioether (sulfide) groups is 1. The van der Waals surface area contributed by atoms with Crippen molar-refractivity contribution < 1.29 is 23.8 Å². The van der Waals surface area contributed by atoms with E-state index in [0.717, 1.165) is 11.8 Å². The predicted molar refractivity (Wildman–Crippen MR) is 115 cm³/mol. The number of aliphatic imine (C=N–C) groups is 1. The fourth-order valence-corrected chi connectivity index (χ4v) is 3.73. The smallest absolute Gasteiger partial charge is 0.343 e. The zero-order valence-corrected chi connectivity index (χ0v) is 18.0. The molecule has 1 heterocycles. The summed E-state index contributed by atoms with van der Waals surface area (Å²) >= 11 is 4.51. The van der Waals surface area contributed by atoms with Crippen LogP contribution in [0.2, 0.25) is 0 Å². The van der Waals surface area contributed by atoms with Crippen molar-refractivity contribution in [3.8, 4) is 17.2 Å². The zero-order valence-electron chi connectivity index (χ0n) is 15.6. The summed E-state index contributed by atoms with van der Waals surface area (Å²) in [5, 5.41) is 0.203. The van der Waals surface area contributed by atoms with E-state index in [-0.39, 0.29) is 10.9 Å². The topological polar surface area (TPSA) is 100 Å². The standard InChI is InChI=1S/C20H17BrN2O5S/c1-3-27-15-8-11(9-16-18(24)23-20(22)29-16)7-14(21)17(15)28-19(25)12-5-4-6-13(10-12)26-2/h4-10H,3H2,1-2H3,(H2,22,23,24). The Kier molecular flexibility index (Phi) is 6.60. The predicted octanol–water partition coefficient (Wildman–Crippen LogP) is 4.00. The van der Waals surface area contributed by atoms with E-state index in [0.29, 0.717) is 38.6 Å². The van der Waals surface area contributed by atoms with Crippen LogP contribution in [0.3, 0.4) is 0 Å². The molecule has 0 saturated carbocycles. The summed E-state index contributed by atoms with van der Waals surface area (Å²) < 4.78 is 16.9. The van der Waals surface area contributed by atoms with E-state index in [1.165, 1.54) is 7.11 Å². The maximum atomic E-state index is 12.6. The minimum atomic E-state index is -0.556. The number of hydrogen-bond acceptors (Lipinski definition) is 7. The summed E-state index contributed by atoms with van der Waals surface area (Å²) in [7, 11) is 1.52. The number of benzene rings is 2. The molecule has 3 rings (SSSR count). The second-order valence-electron chi connectivity index (χ2n) is 5.75. The molecule has 2 N–H and O–H groups in total. The molecular formula is C20H17BrN2O5S. The highest BCUT2D eigenvalue weighted by molar-refractivity contribution is 9.10. The lowest BCUT2D eigenvalue weighted by Crippen LogP contribution is -2.10. The van der Waals surface area contributed by atoms with E-state index in [2.05, 4.69) is 20.9 Å². The number of carbonyl (C=O) groups excluding carboxylic acids is 2. The van der Waals surface area contributed by atoms with Gasteiger partial charge in [0.1, 0.15) is 5.75 Å². The van der Waals surface area contributed by atoms with Gasteiger partial charge in [-0.25, -0.2) is 4.79 Å². The number of amides is 1. The molecule has 0 aromatic heterocycles. The van der Waals surface area contributed by atoms with E-state index in [1.807, 2.05) is 6.92 Å². The van der Waals surface area contributed by atoms with Crippen LogP contribution in [0.4, 0.5) is 0 Å². The normalized spacial score (nSPS) is 14.7. The third kappa shape index (κ3) is 4.99. The van der Waals surface area contributed by atoms with Crippen LogP contribution in [0.25, 0.3) is 6.08 Å². The van der Waals surface area contributed by atoms with Crippen molar-refractivity contribution in [3.63, 3.8) is 0 Å². The third-order valence-electron chi connectivity index (χ3n) is 3.77. The molecule has 150 valence electrons. The van der Waals surface area contributed by atoms with Gasteiger partial charge in [-0.15, -0.1) is 0 Å². The minimum Gasteiger partial charge on any atom is -0.497 e.